The Morgan fingerprint density at radius 1 is 1.04 bits per heavy atom. The van der Waals surface area contributed by atoms with Gasteiger partial charge in [-0.25, -0.2) is 8.42 Å². The maximum atomic E-state index is 12.6. The third-order valence-corrected chi connectivity index (χ3v) is 5.68. The van der Waals surface area contributed by atoms with Gasteiger partial charge < -0.3 is 5.32 Å². The quantitative estimate of drug-likeness (QED) is 0.751. The van der Waals surface area contributed by atoms with Crippen molar-refractivity contribution in [2.75, 3.05) is 17.1 Å². The molecule has 0 aliphatic heterocycles. The monoisotopic (exact) mass is 388 g/mol. The molecule has 0 bridgehead atoms. The van der Waals surface area contributed by atoms with Crippen molar-refractivity contribution in [3.05, 3.63) is 65.2 Å². The molecule has 0 unspecified atom stereocenters. The van der Waals surface area contributed by atoms with E-state index in [9.17, 15) is 13.2 Å². The lowest BCUT2D eigenvalue weighted by molar-refractivity contribution is -0.120. The van der Waals surface area contributed by atoms with Gasteiger partial charge in [-0.3, -0.25) is 9.10 Å². The predicted molar refractivity (Wildman–Crippen MR) is 110 cm³/mol. The zero-order valence-corrected chi connectivity index (χ0v) is 17.2. The van der Waals surface area contributed by atoms with Crippen LogP contribution in [-0.4, -0.2) is 27.1 Å². The number of nitrogens with zero attached hydrogens (tertiary/aromatic N) is 1. The van der Waals surface area contributed by atoms with Crippen LogP contribution in [0.3, 0.4) is 0 Å². The molecule has 146 valence electrons. The highest BCUT2D eigenvalue weighted by atomic mass is 32.2. The van der Waals surface area contributed by atoms with Gasteiger partial charge in [0.15, 0.2) is 0 Å². The maximum absolute atomic E-state index is 12.6. The number of aryl methyl sites for hydroxylation is 2. The Hall–Kier alpha value is -2.34. The van der Waals surface area contributed by atoms with Gasteiger partial charge in [0.05, 0.1) is 18.0 Å². The third kappa shape index (κ3) is 5.82. The highest BCUT2D eigenvalue weighted by Crippen LogP contribution is 2.20. The van der Waals surface area contributed by atoms with Gasteiger partial charge in [-0.1, -0.05) is 55.8 Å². The minimum absolute atomic E-state index is 0.151. The van der Waals surface area contributed by atoms with E-state index in [0.29, 0.717) is 5.69 Å². The Kier molecular flexibility index (Phi) is 7.02. The van der Waals surface area contributed by atoms with E-state index in [4.69, 9.17) is 0 Å². The Bertz CT molecular complexity index is 859. The lowest BCUT2D eigenvalue weighted by Crippen LogP contribution is -2.41. The van der Waals surface area contributed by atoms with Crippen LogP contribution < -0.4 is 9.62 Å². The average Bonchev–Trinajstić information content (AvgIpc) is 2.64. The van der Waals surface area contributed by atoms with E-state index in [-0.39, 0.29) is 18.5 Å². The van der Waals surface area contributed by atoms with Crippen molar-refractivity contribution in [2.45, 2.75) is 39.7 Å². The summed E-state index contributed by atoms with van der Waals surface area (Å²) in [6, 6.07) is 15.1. The highest BCUT2D eigenvalue weighted by Gasteiger charge is 2.22. The number of carbonyl (C=O) groups excluding carboxylic acids is 1. The summed E-state index contributed by atoms with van der Waals surface area (Å²) in [5, 5.41) is 2.95. The van der Waals surface area contributed by atoms with E-state index in [1.165, 1.54) is 0 Å². The molecule has 5 nitrogen and oxygen atoms in total. The summed E-state index contributed by atoms with van der Waals surface area (Å²) in [4.78, 5) is 12.6. The number of rotatable bonds is 8. The van der Waals surface area contributed by atoms with Crippen LogP contribution in [0.15, 0.2) is 48.5 Å². The molecule has 1 N–H and O–H groups in total. The lowest BCUT2D eigenvalue weighted by atomic mass is 10.0. The van der Waals surface area contributed by atoms with Crippen molar-refractivity contribution in [3.8, 4) is 0 Å². The van der Waals surface area contributed by atoms with Crippen LogP contribution in [0, 0.1) is 6.92 Å². The van der Waals surface area contributed by atoms with Gasteiger partial charge in [0.2, 0.25) is 15.9 Å². The van der Waals surface area contributed by atoms with Gasteiger partial charge in [-0.15, -0.1) is 0 Å². The molecule has 6 heteroatoms. The van der Waals surface area contributed by atoms with E-state index >= 15 is 0 Å². The summed E-state index contributed by atoms with van der Waals surface area (Å²) in [6.45, 7) is 5.79. The first kappa shape index (κ1) is 21.0. The van der Waals surface area contributed by atoms with Crippen molar-refractivity contribution < 1.29 is 13.2 Å². The Balaban J connectivity index is 2.16. The largest absolute Gasteiger partial charge is 0.348 e. The minimum atomic E-state index is -3.57. The molecule has 0 heterocycles. The van der Waals surface area contributed by atoms with Gasteiger partial charge in [0, 0.05) is 0 Å². The maximum Gasteiger partial charge on any atom is 0.241 e. The normalized spacial score (nSPS) is 12.4. The van der Waals surface area contributed by atoms with E-state index < -0.39 is 10.0 Å². The van der Waals surface area contributed by atoms with Gasteiger partial charge >= 0.3 is 0 Å². The molecular weight excluding hydrogens is 360 g/mol. The fourth-order valence-corrected chi connectivity index (χ4v) is 3.74. The molecular formula is C21H28N2O3S. The molecule has 0 fully saturated rings. The number of hydrogen-bond donors (Lipinski definition) is 1. The van der Waals surface area contributed by atoms with Crippen molar-refractivity contribution in [1.29, 1.82) is 0 Å². The van der Waals surface area contributed by atoms with Crippen LogP contribution in [0.2, 0.25) is 0 Å². The summed E-state index contributed by atoms with van der Waals surface area (Å²) in [6.07, 6.45) is 2.71. The summed E-state index contributed by atoms with van der Waals surface area (Å²) < 4.78 is 25.6. The molecule has 0 spiro atoms. The molecule has 27 heavy (non-hydrogen) atoms. The highest BCUT2D eigenvalue weighted by molar-refractivity contribution is 7.92. The van der Waals surface area contributed by atoms with E-state index in [1.807, 2.05) is 57.2 Å². The number of nitrogens with one attached hydrogen (secondary N) is 1. The van der Waals surface area contributed by atoms with Crippen LogP contribution in [0.1, 0.15) is 43.0 Å². The Morgan fingerprint density at radius 2 is 1.63 bits per heavy atom. The van der Waals surface area contributed by atoms with Crippen molar-refractivity contribution >= 4 is 21.6 Å². The summed E-state index contributed by atoms with van der Waals surface area (Å²) >= 11 is 0. The molecule has 2 rings (SSSR count). The van der Waals surface area contributed by atoms with E-state index in [2.05, 4.69) is 5.32 Å². The van der Waals surface area contributed by atoms with Gasteiger partial charge in [0.1, 0.15) is 6.54 Å². The Labute approximate surface area is 162 Å². The molecule has 2 aromatic carbocycles. The summed E-state index contributed by atoms with van der Waals surface area (Å²) in [7, 11) is -3.57. The molecule has 0 saturated carbocycles. The number of hydrogen-bond acceptors (Lipinski definition) is 3. The van der Waals surface area contributed by atoms with Gasteiger partial charge in [-0.2, -0.15) is 0 Å². The molecule has 0 saturated heterocycles. The summed E-state index contributed by atoms with van der Waals surface area (Å²) in [5.41, 5.74) is 3.77. The first-order chi connectivity index (χ1) is 12.7. The first-order valence-electron chi connectivity index (χ1n) is 9.17. The zero-order valence-electron chi connectivity index (χ0n) is 16.4. The standard InChI is InChI=1S/C21H28N2O3S/c1-5-17-9-13-19(14-10-17)23(27(4,25)26)15-21(24)22-20(6-2)18-11-7-16(3)8-12-18/h7-14,20H,5-6,15H2,1-4H3,(H,22,24)/t20-/m1/s1. The summed E-state index contributed by atoms with van der Waals surface area (Å²) in [5.74, 6) is -0.326. The first-order valence-corrected chi connectivity index (χ1v) is 11.0. The molecule has 1 atom stereocenters. The molecule has 0 aromatic heterocycles. The average molecular weight is 389 g/mol. The molecule has 0 radical (unpaired) electrons. The minimum Gasteiger partial charge on any atom is -0.348 e. The van der Waals surface area contributed by atoms with Crippen molar-refractivity contribution in [2.24, 2.45) is 0 Å². The molecule has 0 aliphatic rings. The fourth-order valence-electron chi connectivity index (χ4n) is 2.89. The third-order valence-electron chi connectivity index (χ3n) is 4.54. The van der Waals surface area contributed by atoms with Crippen molar-refractivity contribution in [3.63, 3.8) is 0 Å². The van der Waals surface area contributed by atoms with Crippen LogP contribution >= 0.6 is 0 Å². The second-order valence-corrected chi connectivity index (χ2v) is 8.64. The van der Waals surface area contributed by atoms with Gasteiger partial charge in [-0.05, 0) is 43.0 Å². The van der Waals surface area contributed by atoms with E-state index in [1.54, 1.807) is 12.1 Å². The molecule has 2 aromatic rings. The predicted octanol–water partition coefficient (Wildman–Crippen LogP) is 3.59. The number of sulfonamides is 1. The number of anilines is 1. The zero-order chi connectivity index (χ0) is 20.0. The van der Waals surface area contributed by atoms with Crippen LogP contribution in [0.5, 0.6) is 0 Å². The lowest BCUT2D eigenvalue weighted by Gasteiger charge is -2.24. The van der Waals surface area contributed by atoms with Crippen LogP contribution in [0.4, 0.5) is 5.69 Å². The van der Waals surface area contributed by atoms with E-state index in [0.717, 1.165) is 40.1 Å². The number of benzene rings is 2. The number of carbonyl (C=O) groups is 1. The SMILES string of the molecule is CCc1ccc(N(CC(=O)N[C@H](CC)c2ccc(C)cc2)S(C)(=O)=O)cc1. The smallest absolute Gasteiger partial charge is 0.241 e. The van der Waals surface area contributed by atoms with Crippen LogP contribution in [-0.2, 0) is 21.2 Å². The Morgan fingerprint density at radius 3 is 2.11 bits per heavy atom. The van der Waals surface area contributed by atoms with Gasteiger partial charge in [0.25, 0.3) is 0 Å². The fraction of sp³-hybridized carbons (Fsp3) is 0.381. The van der Waals surface area contributed by atoms with Crippen LogP contribution in [0.25, 0.3) is 0 Å². The second-order valence-electron chi connectivity index (χ2n) is 6.73. The topological polar surface area (TPSA) is 66.5 Å². The second kappa shape index (κ2) is 9.04. The number of amides is 1. The van der Waals surface area contributed by atoms with Crippen molar-refractivity contribution in [1.82, 2.24) is 5.32 Å². The molecule has 0 aliphatic carbocycles. The molecule has 1 amide bonds.